The van der Waals surface area contributed by atoms with Gasteiger partial charge in [-0.1, -0.05) is 0 Å². The molecule has 0 fully saturated rings. The third-order valence-corrected chi connectivity index (χ3v) is 2.23. The Morgan fingerprint density at radius 1 is 1.44 bits per heavy atom. The minimum Gasteiger partial charge on any atom is -0.382 e. The van der Waals surface area contributed by atoms with Crippen LogP contribution < -0.4 is 11.3 Å². The monoisotopic (exact) mass is 219 g/mol. The maximum absolute atomic E-state index is 11.5. The molecule has 6 heteroatoms. The highest BCUT2D eigenvalue weighted by Crippen LogP contribution is 1.99. The van der Waals surface area contributed by atoms with E-state index in [1.54, 1.807) is 10.9 Å². The average molecular weight is 219 g/mol. The summed E-state index contributed by atoms with van der Waals surface area (Å²) in [6, 6.07) is 2.90. The number of nitrogen functional groups attached to an aromatic ring is 1. The van der Waals surface area contributed by atoms with Crippen LogP contribution in [0, 0.1) is 0 Å². The third-order valence-electron chi connectivity index (χ3n) is 2.23. The Balaban J connectivity index is 2.26. The number of rotatable bonds is 3. The predicted molar refractivity (Wildman–Crippen MR) is 59.9 cm³/mol. The van der Waals surface area contributed by atoms with Crippen molar-refractivity contribution in [2.24, 2.45) is 0 Å². The van der Waals surface area contributed by atoms with Crippen LogP contribution in [0.3, 0.4) is 0 Å². The van der Waals surface area contributed by atoms with Gasteiger partial charge in [0.1, 0.15) is 5.82 Å². The zero-order valence-corrected chi connectivity index (χ0v) is 9.00. The zero-order chi connectivity index (χ0) is 11.5. The van der Waals surface area contributed by atoms with E-state index in [2.05, 4.69) is 10.2 Å². The lowest BCUT2D eigenvalue weighted by molar-refractivity contribution is 0.638. The molecule has 0 aliphatic rings. The van der Waals surface area contributed by atoms with E-state index in [4.69, 9.17) is 5.73 Å². The molecular weight excluding hydrogens is 206 g/mol. The standard InChI is InChI=1S/C10H13N5O/c1-2-14-6-8(5-12-14)7-15-10(16)4-3-9(11)13-15/h3-6H,2,7H2,1H3,(H2,11,13). The van der Waals surface area contributed by atoms with E-state index in [1.165, 1.54) is 16.8 Å². The maximum Gasteiger partial charge on any atom is 0.267 e. The molecule has 2 N–H and O–H groups in total. The normalized spacial score (nSPS) is 10.6. The van der Waals surface area contributed by atoms with E-state index in [1.807, 2.05) is 13.1 Å². The number of aryl methyl sites for hydroxylation is 1. The first-order chi connectivity index (χ1) is 7.69. The number of nitrogens with two attached hydrogens (primary N) is 1. The first-order valence-corrected chi connectivity index (χ1v) is 5.04. The number of hydrogen-bond donors (Lipinski definition) is 1. The molecule has 0 aromatic carbocycles. The van der Waals surface area contributed by atoms with Crippen molar-refractivity contribution in [2.45, 2.75) is 20.0 Å². The zero-order valence-electron chi connectivity index (χ0n) is 9.00. The smallest absolute Gasteiger partial charge is 0.267 e. The van der Waals surface area contributed by atoms with E-state index in [0.717, 1.165) is 12.1 Å². The van der Waals surface area contributed by atoms with Gasteiger partial charge in [-0.25, -0.2) is 4.68 Å². The second-order valence-electron chi connectivity index (χ2n) is 3.46. The average Bonchev–Trinajstić information content (AvgIpc) is 2.71. The van der Waals surface area contributed by atoms with Gasteiger partial charge in [-0.05, 0) is 13.0 Å². The van der Waals surface area contributed by atoms with Gasteiger partial charge >= 0.3 is 0 Å². The SMILES string of the molecule is CCn1cc(Cn2nc(N)ccc2=O)cn1. The number of anilines is 1. The van der Waals surface area contributed by atoms with Crippen molar-refractivity contribution in [1.29, 1.82) is 0 Å². The summed E-state index contributed by atoms with van der Waals surface area (Å²) in [6.45, 7) is 3.20. The lowest BCUT2D eigenvalue weighted by Gasteiger charge is -2.02. The Bertz CT molecular complexity index is 542. The fraction of sp³-hybridized carbons (Fsp3) is 0.300. The molecule has 0 atom stereocenters. The Hall–Kier alpha value is -2.11. The van der Waals surface area contributed by atoms with E-state index in [0.29, 0.717) is 12.4 Å². The van der Waals surface area contributed by atoms with Crippen molar-refractivity contribution in [3.05, 3.63) is 40.4 Å². The molecule has 0 saturated heterocycles. The molecule has 2 rings (SSSR count). The van der Waals surface area contributed by atoms with Crippen molar-refractivity contribution >= 4 is 5.82 Å². The fourth-order valence-electron chi connectivity index (χ4n) is 1.41. The Morgan fingerprint density at radius 3 is 2.94 bits per heavy atom. The van der Waals surface area contributed by atoms with Gasteiger partial charge in [-0.3, -0.25) is 9.48 Å². The molecule has 0 aliphatic heterocycles. The van der Waals surface area contributed by atoms with Crippen LogP contribution in [0.1, 0.15) is 12.5 Å². The Labute approximate surface area is 92.3 Å². The highest BCUT2D eigenvalue weighted by Gasteiger charge is 2.02. The molecule has 6 nitrogen and oxygen atoms in total. The van der Waals surface area contributed by atoms with Crippen LogP contribution >= 0.6 is 0 Å². The van der Waals surface area contributed by atoms with E-state index < -0.39 is 0 Å². The van der Waals surface area contributed by atoms with E-state index in [-0.39, 0.29) is 5.56 Å². The van der Waals surface area contributed by atoms with Gasteiger partial charge in [0.2, 0.25) is 0 Å². The molecule has 0 radical (unpaired) electrons. The highest BCUT2D eigenvalue weighted by atomic mass is 16.1. The third kappa shape index (κ3) is 2.10. The Kier molecular flexibility index (Phi) is 2.72. The van der Waals surface area contributed by atoms with Gasteiger partial charge in [0.05, 0.1) is 12.7 Å². The van der Waals surface area contributed by atoms with Crippen LogP contribution in [0.2, 0.25) is 0 Å². The summed E-state index contributed by atoms with van der Waals surface area (Å²) in [4.78, 5) is 11.5. The lowest BCUT2D eigenvalue weighted by Crippen LogP contribution is -2.23. The van der Waals surface area contributed by atoms with Crippen molar-refractivity contribution in [1.82, 2.24) is 19.6 Å². The van der Waals surface area contributed by atoms with Crippen molar-refractivity contribution in [3.8, 4) is 0 Å². The van der Waals surface area contributed by atoms with Gasteiger partial charge < -0.3 is 5.73 Å². The molecule has 2 aromatic rings. The second kappa shape index (κ2) is 4.18. The quantitative estimate of drug-likeness (QED) is 0.793. The van der Waals surface area contributed by atoms with Crippen molar-refractivity contribution < 1.29 is 0 Å². The first-order valence-electron chi connectivity index (χ1n) is 5.04. The molecule has 16 heavy (non-hydrogen) atoms. The van der Waals surface area contributed by atoms with Crippen molar-refractivity contribution in [2.75, 3.05) is 5.73 Å². The van der Waals surface area contributed by atoms with Crippen LogP contribution in [0.5, 0.6) is 0 Å². The second-order valence-corrected chi connectivity index (χ2v) is 3.46. The molecule has 0 unspecified atom stereocenters. The molecule has 0 aliphatic carbocycles. The minimum atomic E-state index is -0.168. The summed E-state index contributed by atoms with van der Waals surface area (Å²) in [5.74, 6) is 0.336. The van der Waals surface area contributed by atoms with E-state index in [9.17, 15) is 4.79 Å². The van der Waals surface area contributed by atoms with Crippen LogP contribution in [-0.4, -0.2) is 19.6 Å². The number of hydrogen-bond acceptors (Lipinski definition) is 4. The molecule has 2 heterocycles. The molecule has 0 amide bonds. The maximum atomic E-state index is 11.5. The number of nitrogens with zero attached hydrogens (tertiary/aromatic N) is 4. The van der Waals surface area contributed by atoms with Gasteiger partial charge in [0.15, 0.2) is 0 Å². The molecule has 84 valence electrons. The summed E-state index contributed by atoms with van der Waals surface area (Å²) in [5, 5.41) is 8.07. The van der Waals surface area contributed by atoms with Crippen LogP contribution in [0.15, 0.2) is 29.3 Å². The molecular formula is C10H13N5O. The number of aromatic nitrogens is 4. The summed E-state index contributed by atoms with van der Waals surface area (Å²) < 4.78 is 3.12. The van der Waals surface area contributed by atoms with Gasteiger partial charge in [0.25, 0.3) is 5.56 Å². The first kappa shape index (κ1) is 10.4. The molecule has 0 bridgehead atoms. The van der Waals surface area contributed by atoms with Crippen molar-refractivity contribution in [3.63, 3.8) is 0 Å². The molecule has 0 saturated carbocycles. The van der Waals surface area contributed by atoms with Crippen LogP contribution in [0.25, 0.3) is 0 Å². The summed E-state index contributed by atoms with van der Waals surface area (Å²) in [7, 11) is 0. The van der Waals surface area contributed by atoms with Crippen LogP contribution in [0.4, 0.5) is 5.82 Å². The molecule has 0 spiro atoms. The summed E-state index contributed by atoms with van der Waals surface area (Å²) in [5.41, 5.74) is 6.29. The van der Waals surface area contributed by atoms with E-state index >= 15 is 0 Å². The topological polar surface area (TPSA) is 78.7 Å². The summed E-state index contributed by atoms with van der Waals surface area (Å²) >= 11 is 0. The van der Waals surface area contributed by atoms with Crippen LogP contribution in [-0.2, 0) is 13.1 Å². The fourth-order valence-corrected chi connectivity index (χ4v) is 1.41. The minimum absolute atomic E-state index is 0.168. The Morgan fingerprint density at radius 2 is 2.25 bits per heavy atom. The largest absolute Gasteiger partial charge is 0.382 e. The van der Waals surface area contributed by atoms with Gasteiger partial charge in [-0.15, -0.1) is 0 Å². The molecule has 2 aromatic heterocycles. The van der Waals surface area contributed by atoms with Gasteiger partial charge in [0, 0.05) is 24.4 Å². The summed E-state index contributed by atoms with van der Waals surface area (Å²) in [6.07, 6.45) is 3.61. The highest BCUT2D eigenvalue weighted by molar-refractivity contribution is 5.23. The lowest BCUT2D eigenvalue weighted by atomic mass is 10.3. The van der Waals surface area contributed by atoms with Gasteiger partial charge in [-0.2, -0.15) is 10.2 Å². The predicted octanol–water partition coefficient (Wildman–Crippen LogP) is 0.0902.